The van der Waals surface area contributed by atoms with Gasteiger partial charge >= 0.3 is 0 Å². The topological polar surface area (TPSA) is 66.5 Å². The van der Waals surface area contributed by atoms with Crippen molar-refractivity contribution in [3.63, 3.8) is 0 Å². The molecule has 0 aromatic carbocycles. The number of H-pyrrole nitrogens is 2. The molecule has 2 N–H and O–H groups in total. The molecule has 0 aliphatic heterocycles. The molecule has 0 unspecified atom stereocenters. The van der Waals surface area contributed by atoms with Gasteiger partial charge in [-0.25, -0.2) is 0 Å². The summed E-state index contributed by atoms with van der Waals surface area (Å²) < 4.78 is 2.28. The summed E-state index contributed by atoms with van der Waals surface area (Å²) in [6.45, 7) is 2.85. The maximum absolute atomic E-state index is 12.6. The van der Waals surface area contributed by atoms with Crippen molar-refractivity contribution in [3.05, 3.63) is 32.4 Å². The minimum atomic E-state index is 0.0280. The Bertz CT molecular complexity index is 725. The molecule has 0 amide bonds. The number of aromatic amines is 2. The molecular weight excluding hydrogens is 260 g/mol. The molecule has 0 radical (unpaired) electrons. The van der Waals surface area contributed by atoms with E-state index in [0.717, 1.165) is 32.2 Å². The van der Waals surface area contributed by atoms with Crippen LogP contribution in [0.4, 0.5) is 0 Å². The van der Waals surface area contributed by atoms with Crippen molar-refractivity contribution in [2.45, 2.75) is 39.2 Å². The summed E-state index contributed by atoms with van der Waals surface area (Å²) >= 11 is 4.95. The van der Waals surface area contributed by atoms with Gasteiger partial charge in [-0.15, -0.1) is 0 Å². The van der Waals surface area contributed by atoms with E-state index < -0.39 is 0 Å². The van der Waals surface area contributed by atoms with Crippen LogP contribution in [0, 0.1) is 4.77 Å². The predicted molar refractivity (Wildman–Crippen MR) is 75.8 cm³/mol. The number of aromatic nitrogens is 4. The number of nitrogens with one attached hydrogen (secondary N) is 2. The fraction of sp³-hybridized carbons (Fsp3) is 0.462. The van der Waals surface area contributed by atoms with E-state index in [9.17, 15) is 4.79 Å². The molecule has 2 heterocycles. The van der Waals surface area contributed by atoms with Gasteiger partial charge in [0.05, 0.1) is 5.56 Å². The Kier molecular flexibility index (Phi) is 3.10. The Morgan fingerprint density at radius 3 is 2.95 bits per heavy atom. The molecule has 0 atom stereocenters. The van der Waals surface area contributed by atoms with Gasteiger partial charge in [0.2, 0.25) is 4.77 Å². The molecule has 0 fully saturated rings. The molecule has 2 aromatic rings. The highest BCUT2D eigenvalue weighted by molar-refractivity contribution is 7.71. The van der Waals surface area contributed by atoms with Crippen LogP contribution >= 0.6 is 12.2 Å². The third-order valence-electron chi connectivity index (χ3n) is 3.55. The number of rotatable bonds is 3. The first-order valence-corrected chi connectivity index (χ1v) is 7.02. The first kappa shape index (κ1) is 12.3. The number of hydrogen-bond donors (Lipinski definition) is 2. The molecule has 0 bridgehead atoms. The maximum Gasteiger partial charge on any atom is 0.261 e. The highest BCUT2D eigenvalue weighted by Gasteiger charge is 2.20. The minimum Gasteiger partial charge on any atom is -0.312 e. The fourth-order valence-electron chi connectivity index (χ4n) is 2.75. The average molecular weight is 276 g/mol. The van der Waals surface area contributed by atoms with Crippen LogP contribution in [0.2, 0.25) is 0 Å². The first-order valence-electron chi connectivity index (χ1n) is 6.61. The monoisotopic (exact) mass is 276 g/mol. The average Bonchev–Trinajstić information content (AvgIpc) is 3.01. The summed E-state index contributed by atoms with van der Waals surface area (Å²) in [5.41, 5.74) is 3.11. The van der Waals surface area contributed by atoms with Gasteiger partial charge in [-0.3, -0.25) is 15.0 Å². The smallest absolute Gasteiger partial charge is 0.261 e. The lowest BCUT2D eigenvalue weighted by Gasteiger charge is -2.12. The lowest BCUT2D eigenvalue weighted by atomic mass is 10.1. The molecule has 5 nitrogen and oxygen atoms in total. The summed E-state index contributed by atoms with van der Waals surface area (Å²) in [7, 11) is 0. The Morgan fingerprint density at radius 2 is 2.26 bits per heavy atom. The lowest BCUT2D eigenvalue weighted by molar-refractivity contribution is 0.624. The molecule has 3 rings (SSSR count). The van der Waals surface area contributed by atoms with Crippen LogP contribution in [0.1, 0.15) is 31.0 Å². The predicted octanol–water partition coefficient (Wildman–Crippen LogP) is 2.19. The minimum absolute atomic E-state index is 0.0280. The van der Waals surface area contributed by atoms with Gasteiger partial charge < -0.3 is 4.57 Å². The molecule has 6 heteroatoms. The first-order chi connectivity index (χ1) is 9.20. The highest BCUT2D eigenvalue weighted by Crippen LogP contribution is 2.24. The van der Waals surface area contributed by atoms with Gasteiger partial charge in [0.15, 0.2) is 5.82 Å². The SMILES string of the molecule is CCCn1c2c(cc(-c3nc(=S)[nH][nH]3)c1=O)CCC2. The second kappa shape index (κ2) is 4.77. The largest absolute Gasteiger partial charge is 0.312 e. The molecular formula is C13H16N4OS. The summed E-state index contributed by atoms with van der Waals surface area (Å²) in [6, 6.07) is 1.97. The van der Waals surface area contributed by atoms with Crippen molar-refractivity contribution in [2.24, 2.45) is 0 Å². The van der Waals surface area contributed by atoms with Crippen LogP contribution in [0.5, 0.6) is 0 Å². The molecule has 0 saturated heterocycles. The number of fused-ring (bicyclic) bond motifs is 1. The molecule has 19 heavy (non-hydrogen) atoms. The number of pyridine rings is 1. The van der Waals surface area contributed by atoms with Crippen molar-refractivity contribution in [2.75, 3.05) is 0 Å². The van der Waals surface area contributed by atoms with E-state index in [0.29, 0.717) is 16.2 Å². The second-order valence-corrected chi connectivity index (χ2v) is 5.24. The quantitative estimate of drug-likeness (QED) is 0.845. The van der Waals surface area contributed by atoms with Crippen LogP contribution in [0.3, 0.4) is 0 Å². The van der Waals surface area contributed by atoms with Crippen LogP contribution in [0.25, 0.3) is 11.4 Å². The Balaban J connectivity index is 2.24. The van der Waals surface area contributed by atoms with E-state index in [1.165, 1.54) is 11.3 Å². The zero-order valence-electron chi connectivity index (χ0n) is 10.8. The van der Waals surface area contributed by atoms with E-state index in [1.807, 2.05) is 10.6 Å². The fourth-order valence-corrected chi connectivity index (χ4v) is 2.89. The van der Waals surface area contributed by atoms with Gasteiger partial charge in [0.1, 0.15) is 0 Å². The van der Waals surface area contributed by atoms with Gasteiger partial charge in [-0.05, 0) is 49.5 Å². The maximum atomic E-state index is 12.6. The number of hydrogen-bond acceptors (Lipinski definition) is 3. The zero-order chi connectivity index (χ0) is 13.4. The van der Waals surface area contributed by atoms with Gasteiger partial charge in [-0.1, -0.05) is 6.92 Å². The van der Waals surface area contributed by atoms with Gasteiger partial charge in [0, 0.05) is 12.2 Å². The normalized spacial score (nSPS) is 13.7. The van der Waals surface area contributed by atoms with Crippen LogP contribution in [0.15, 0.2) is 10.9 Å². The molecule has 1 aliphatic carbocycles. The van der Waals surface area contributed by atoms with Crippen LogP contribution < -0.4 is 5.56 Å². The summed E-state index contributed by atoms with van der Waals surface area (Å²) in [5, 5.41) is 5.61. The van der Waals surface area contributed by atoms with E-state index >= 15 is 0 Å². The molecule has 0 spiro atoms. The zero-order valence-corrected chi connectivity index (χ0v) is 11.6. The number of aryl methyl sites for hydroxylation is 1. The standard InChI is InChI=1S/C13H16N4OS/c1-2-6-17-10-5-3-4-8(10)7-9(12(17)18)11-14-13(19)16-15-11/h7H,2-6H2,1H3,(H2,14,15,16,19). The van der Waals surface area contributed by atoms with E-state index in [1.54, 1.807) is 0 Å². The van der Waals surface area contributed by atoms with E-state index in [2.05, 4.69) is 22.1 Å². The van der Waals surface area contributed by atoms with E-state index in [4.69, 9.17) is 12.2 Å². The number of nitrogens with zero attached hydrogens (tertiary/aromatic N) is 2. The summed E-state index contributed by atoms with van der Waals surface area (Å²) in [5.74, 6) is 0.537. The lowest BCUT2D eigenvalue weighted by Crippen LogP contribution is -2.25. The van der Waals surface area contributed by atoms with Crippen molar-refractivity contribution in [3.8, 4) is 11.4 Å². The van der Waals surface area contributed by atoms with Crippen molar-refractivity contribution >= 4 is 12.2 Å². The van der Waals surface area contributed by atoms with Crippen LogP contribution in [-0.4, -0.2) is 19.7 Å². The Morgan fingerprint density at radius 1 is 1.42 bits per heavy atom. The Labute approximate surface area is 115 Å². The summed E-state index contributed by atoms with van der Waals surface area (Å²) in [6.07, 6.45) is 4.11. The van der Waals surface area contributed by atoms with Gasteiger partial charge in [-0.2, -0.15) is 4.98 Å². The van der Waals surface area contributed by atoms with Gasteiger partial charge in [0.25, 0.3) is 5.56 Å². The molecule has 100 valence electrons. The Hall–Kier alpha value is -1.69. The van der Waals surface area contributed by atoms with Crippen molar-refractivity contribution in [1.29, 1.82) is 0 Å². The van der Waals surface area contributed by atoms with E-state index in [-0.39, 0.29) is 5.56 Å². The third kappa shape index (κ3) is 2.06. The molecule has 0 saturated carbocycles. The van der Waals surface area contributed by atoms with Crippen molar-refractivity contribution in [1.82, 2.24) is 19.7 Å². The summed E-state index contributed by atoms with van der Waals surface area (Å²) in [4.78, 5) is 16.7. The highest BCUT2D eigenvalue weighted by atomic mass is 32.1. The van der Waals surface area contributed by atoms with Crippen LogP contribution in [-0.2, 0) is 19.4 Å². The third-order valence-corrected chi connectivity index (χ3v) is 3.75. The van der Waals surface area contributed by atoms with Crippen molar-refractivity contribution < 1.29 is 0 Å². The second-order valence-electron chi connectivity index (χ2n) is 4.86. The molecule has 1 aliphatic rings. The molecule has 2 aromatic heterocycles.